The lowest BCUT2D eigenvalue weighted by molar-refractivity contribution is -0.139. The Balaban J connectivity index is 2.40. The highest BCUT2D eigenvalue weighted by molar-refractivity contribution is 5.72. The number of allylic oxidation sites excluding steroid dienone is 2. The Morgan fingerprint density at radius 2 is 2.38 bits per heavy atom. The molecule has 0 saturated carbocycles. The topological polar surface area (TPSA) is 35.5 Å². The van der Waals surface area contributed by atoms with Crippen LogP contribution in [-0.4, -0.2) is 20.2 Å². The zero-order valence-corrected chi connectivity index (χ0v) is 7.87. The molecule has 0 fully saturated rings. The molecule has 0 spiro atoms. The van der Waals surface area contributed by atoms with Gasteiger partial charge in [-0.1, -0.05) is 0 Å². The Morgan fingerprint density at radius 3 is 2.85 bits per heavy atom. The van der Waals surface area contributed by atoms with Gasteiger partial charge in [-0.2, -0.15) is 0 Å². The van der Waals surface area contributed by atoms with E-state index in [-0.39, 0.29) is 5.97 Å². The normalized spacial score (nSPS) is 15.2. The quantitative estimate of drug-likeness (QED) is 0.490. The summed E-state index contributed by atoms with van der Waals surface area (Å²) in [5.41, 5.74) is 1.05. The predicted molar refractivity (Wildman–Crippen MR) is 48.7 cm³/mol. The van der Waals surface area contributed by atoms with Gasteiger partial charge < -0.3 is 9.47 Å². The van der Waals surface area contributed by atoms with Crippen molar-refractivity contribution in [1.82, 2.24) is 0 Å². The van der Waals surface area contributed by atoms with Gasteiger partial charge in [-0.05, 0) is 0 Å². The van der Waals surface area contributed by atoms with E-state index in [9.17, 15) is 4.79 Å². The Labute approximate surface area is 78.0 Å². The first-order chi connectivity index (χ1) is 6.26. The van der Waals surface area contributed by atoms with Gasteiger partial charge in [0, 0.05) is 5.57 Å². The first-order valence-electron chi connectivity index (χ1n) is 4.10. The molecule has 13 heavy (non-hydrogen) atoms. The average Bonchev–Trinajstić information content (AvgIpc) is 2.19. The van der Waals surface area contributed by atoms with E-state index < -0.39 is 0 Å². The van der Waals surface area contributed by atoms with Gasteiger partial charge in [0.1, 0.15) is 6.42 Å². The molecule has 0 aromatic rings. The number of carbonyl (C=O) groups is 1. The number of carbonyl (C=O) groups excluding carboxylic acids is 1. The maximum Gasteiger partial charge on any atom is 0.322 e. The van der Waals surface area contributed by atoms with Crippen LogP contribution in [-0.2, 0) is 14.3 Å². The fourth-order valence-electron chi connectivity index (χ4n) is 1.11. The number of ether oxygens (including phenoxy) is 2. The summed E-state index contributed by atoms with van der Waals surface area (Å²) < 4.78 is 9.58. The molecule has 0 N–H and O–H groups in total. The monoisotopic (exact) mass is 181 g/mol. The van der Waals surface area contributed by atoms with Crippen molar-refractivity contribution in [2.75, 3.05) is 14.2 Å². The SMILES string of the molecule is COC(=O)CC1=C[CH+]C(OC)=CC1. The molecule has 0 aromatic carbocycles. The Kier molecular flexibility index (Phi) is 3.43. The van der Waals surface area contributed by atoms with Crippen molar-refractivity contribution in [2.24, 2.45) is 0 Å². The van der Waals surface area contributed by atoms with E-state index in [2.05, 4.69) is 4.74 Å². The number of methoxy groups -OCH3 is 2. The molecule has 0 unspecified atom stereocenters. The van der Waals surface area contributed by atoms with Crippen LogP contribution in [0.1, 0.15) is 12.8 Å². The maximum atomic E-state index is 10.9. The number of hydrogen-bond acceptors (Lipinski definition) is 3. The molecule has 1 aliphatic rings. The van der Waals surface area contributed by atoms with Crippen LogP contribution in [0.4, 0.5) is 0 Å². The Hall–Kier alpha value is -1.38. The third kappa shape index (κ3) is 2.86. The first-order valence-corrected chi connectivity index (χ1v) is 4.10. The molecule has 0 bridgehead atoms. The van der Waals surface area contributed by atoms with E-state index in [1.54, 1.807) is 7.11 Å². The third-order valence-electron chi connectivity index (χ3n) is 1.88. The lowest BCUT2D eigenvalue weighted by atomic mass is 10.0. The second-order valence-corrected chi connectivity index (χ2v) is 2.76. The van der Waals surface area contributed by atoms with Crippen molar-refractivity contribution >= 4 is 5.97 Å². The standard InChI is InChI=1S/C10H13O3/c1-12-9-5-3-8(4-6-9)7-10(11)13-2/h3,5-6H,4,7H2,1-2H3/q+1. The largest absolute Gasteiger partial charge is 0.475 e. The minimum absolute atomic E-state index is 0.200. The summed E-state index contributed by atoms with van der Waals surface area (Å²) in [7, 11) is 3.02. The van der Waals surface area contributed by atoms with Crippen LogP contribution in [0.15, 0.2) is 23.5 Å². The van der Waals surface area contributed by atoms with Crippen LogP contribution < -0.4 is 0 Å². The molecule has 3 nitrogen and oxygen atoms in total. The van der Waals surface area contributed by atoms with E-state index in [1.807, 2.05) is 18.6 Å². The third-order valence-corrected chi connectivity index (χ3v) is 1.88. The smallest absolute Gasteiger partial charge is 0.322 e. The van der Waals surface area contributed by atoms with Crippen LogP contribution in [0, 0.1) is 6.42 Å². The summed E-state index contributed by atoms with van der Waals surface area (Å²) in [6.07, 6.45) is 6.81. The van der Waals surface area contributed by atoms with Crippen LogP contribution in [0.2, 0.25) is 0 Å². The average molecular weight is 181 g/mol. The van der Waals surface area contributed by atoms with Gasteiger partial charge in [-0.25, -0.2) is 0 Å². The van der Waals surface area contributed by atoms with Crippen molar-refractivity contribution in [3.63, 3.8) is 0 Å². The Bertz CT molecular complexity index is 251. The summed E-state index contributed by atoms with van der Waals surface area (Å²) >= 11 is 0. The van der Waals surface area contributed by atoms with Crippen LogP contribution in [0.5, 0.6) is 0 Å². The molecule has 1 rings (SSSR count). The van der Waals surface area contributed by atoms with Crippen molar-refractivity contribution in [1.29, 1.82) is 0 Å². The molecule has 0 aromatic heterocycles. The van der Waals surface area contributed by atoms with Gasteiger partial charge in [0.25, 0.3) is 0 Å². The highest BCUT2D eigenvalue weighted by atomic mass is 16.5. The second kappa shape index (κ2) is 4.60. The molecular formula is C10H13O3+. The molecule has 0 heterocycles. The minimum atomic E-state index is -0.200. The minimum Gasteiger partial charge on any atom is -0.475 e. The van der Waals surface area contributed by atoms with Crippen molar-refractivity contribution in [2.45, 2.75) is 12.8 Å². The molecule has 1 aliphatic carbocycles. The van der Waals surface area contributed by atoms with Crippen molar-refractivity contribution < 1.29 is 14.3 Å². The predicted octanol–water partition coefficient (Wildman–Crippen LogP) is 1.61. The molecule has 0 saturated heterocycles. The van der Waals surface area contributed by atoms with Crippen molar-refractivity contribution in [3.8, 4) is 0 Å². The van der Waals surface area contributed by atoms with Gasteiger partial charge in [0.15, 0.2) is 0 Å². The highest BCUT2D eigenvalue weighted by Crippen LogP contribution is 2.19. The summed E-state index contributed by atoms with van der Waals surface area (Å²) in [5.74, 6) is 0.641. The fourth-order valence-corrected chi connectivity index (χ4v) is 1.11. The van der Waals surface area contributed by atoms with E-state index >= 15 is 0 Å². The highest BCUT2D eigenvalue weighted by Gasteiger charge is 2.16. The lowest BCUT2D eigenvalue weighted by Gasteiger charge is -2.04. The van der Waals surface area contributed by atoms with Crippen LogP contribution in [0.3, 0.4) is 0 Å². The number of rotatable bonds is 3. The number of esters is 1. The summed E-state index contributed by atoms with van der Waals surface area (Å²) in [6.45, 7) is 0. The van der Waals surface area contributed by atoms with E-state index in [0.29, 0.717) is 6.42 Å². The van der Waals surface area contributed by atoms with Gasteiger partial charge in [-0.3, -0.25) is 4.79 Å². The molecule has 70 valence electrons. The van der Waals surface area contributed by atoms with Gasteiger partial charge >= 0.3 is 5.97 Å². The van der Waals surface area contributed by atoms with E-state index in [4.69, 9.17) is 4.74 Å². The summed E-state index contributed by atoms with van der Waals surface area (Å²) in [6, 6.07) is 0. The summed E-state index contributed by atoms with van der Waals surface area (Å²) in [5, 5.41) is 0. The van der Waals surface area contributed by atoms with Gasteiger partial charge in [-0.15, -0.1) is 0 Å². The Morgan fingerprint density at radius 1 is 1.62 bits per heavy atom. The van der Waals surface area contributed by atoms with Gasteiger partial charge in [0.2, 0.25) is 5.76 Å². The van der Waals surface area contributed by atoms with Crippen molar-refractivity contribution in [3.05, 3.63) is 29.9 Å². The molecule has 0 radical (unpaired) electrons. The summed E-state index contributed by atoms with van der Waals surface area (Å²) in [4.78, 5) is 10.9. The first kappa shape index (κ1) is 9.71. The molecule has 3 heteroatoms. The maximum absolute atomic E-state index is 10.9. The van der Waals surface area contributed by atoms with Gasteiger partial charge in [0.05, 0.1) is 39.2 Å². The number of hydrogen-bond donors (Lipinski definition) is 0. The molecule has 0 amide bonds. The van der Waals surface area contributed by atoms with Crippen LogP contribution in [0.25, 0.3) is 0 Å². The van der Waals surface area contributed by atoms with Crippen LogP contribution >= 0.6 is 0 Å². The lowest BCUT2D eigenvalue weighted by Crippen LogP contribution is -2.04. The van der Waals surface area contributed by atoms with E-state index in [0.717, 1.165) is 17.8 Å². The zero-order chi connectivity index (χ0) is 9.68. The van der Waals surface area contributed by atoms with E-state index in [1.165, 1.54) is 7.11 Å². The second-order valence-electron chi connectivity index (χ2n) is 2.76. The zero-order valence-electron chi connectivity index (χ0n) is 7.87. The fraction of sp³-hybridized carbons (Fsp3) is 0.400. The molecule has 0 aliphatic heterocycles. The molecular weight excluding hydrogens is 168 g/mol. The molecule has 0 atom stereocenters.